The lowest BCUT2D eigenvalue weighted by atomic mass is 9.94. The largest absolute Gasteiger partial charge is 0.477 e. The van der Waals surface area contributed by atoms with E-state index in [9.17, 15) is 32.9 Å². The molecule has 53 heavy (non-hydrogen) atoms. The summed E-state index contributed by atoms with van der Waals surface area (Å²) in [5.41, 5.74) is 2.18. The molecule has 0 spiro atoms. The number of rotatable bonds is 9. The second kappa shape index (κ2) is 14.2. The van der Waals surface area contributed by atoms with Gasteiger partial charge in [-0.15, -0.1) is 0 Å². The zero-order valence-corrected chi connectivity index (χ0v) is 29.1. The Labute approximate surface area is 300 Å². The van der Waals surface area contributed by atoms with Gasteiger partial charge in [-0.3, -0.25) is 39.4 Å². The van der Waals surface area contributed by atoms with Crippen LogP contribution in [-0.2, 0) is 18.9 Å². The lowest BCUT2D eigenvalue weighted by Gasteiger charge is -2.40. The van der Waals surface area contributed by atoms with Crippen LogP contribution < -0.4 is 24.8 Å². The summed E-state index contributed by atoms with van der Waals surface area (Å²) in [4.78, 5) is 42.9. The number of aromatic nitrogens is 4. The van der Waals surface area contributed by atoms with Crippen LogP contribution in [0.2, 0.25) is 0 Å². The summed E-state index contributed by atoms with van der Waals surface area (Å²) < 4.78 is 62.8. The van der Waals surface area contributed by atoms with Gasteiger partial charge >= 0.3 is 17.9 Å². The average Bonchev–Trinajstić information content (AvgIpc) is 3.69. The maximum atomic E-state index is 15.6. The molecule has 0 bridgehead atoms. The number of imide groups is 1. The van der Waals surface area contributed by atoms with Crippen LogP contribution in [0.1, 0.15) is 19.3 Å². The molecule has 3 aliphatic heterocycles. The molecule has 282 valence electrons. The summed E-state index contributed by atoms with van der Waals surface area (Å²) in [6, 6.07) is 5.15. The Morgan fingerprint density at radius 3 is 2.34 bits per heavy atom. The van der Waals surface area contributed by atoms with E-state index in [0.717, 1.165) is 19.4 Å². The number of carbonyl (C=O) groups excluding carboxylic acids is 2. The van der Waals surface area contributed by atoms with Crippen molar-refractivity contribution in [3.63, 3.8) is 0 Å². The topological polar surface area (TPSA) is 147 Å². The van der Waals surface area contributed by atoms with E-state index < -0.39 is 41.0 Å². The quantitative estimate of drug-likeness (QED) is 0.148. The molecule has 2 aromatic carbocycles. The van der Waals surface area contributed by atoms with Gasteiger partial charge in [0.25, 0.3) is 0 Å². The summed E-state index contributed by atoms with van der Waals surface area (Å²) in [6.07, 6.45) is 0.305. The SMILES string of the molecule is Cn1cc(-c2cc([N+](=O)[O-])c(OCC(F)(F)F)cc2N2CCC(CN3CCN(c4cc5c(cc4F)c(N4CCC(=O)NC4=O)nn5C)CC3)CC2)cn1. The maximum absolute atomic E-state index is 15.6. The summed E-state index contributed by atoms with van der Waals surface area (Å²) in [6.45, 7) is 3.12. The van der Waals surface area contributed by atoms with Crippen LogP contribution in [-0.4, -0.2) is 106 Å². The lowest BCUT2D eigenvalue weighted by Crippen LogP contribution is -2.49. The van der Waals surface area contributed by atoms with Gasteiger partial charge in [0.1, 0.15) is 5.82 Å². The number of nitrogens with zero attached hydrogens (tertiary/aromatic N) is 9. The molecule has 0 radical (unpaired) electrons. The number of ether oxygens (including phenoxy) is 1. The summed E-state index contributed by atoms with van der Waals surface area (Å²) in [5.74, 6) is -0.601. The Morgan fingerprint density at radius 2 is 1.70 bits per heavy atom. The number of nitro groups is 1. The second-order valence-corrected chi connectivity index (χ2v) is 13.6. The fourth-order valence-corrected chi connectivity index (χ4v) is 7.38. The molecule has 0 aliphatic carbocycles. The molecule has 5 heterocycles. The number of halogens is 4. The second-order valence-electron chi connectivity index (χ2n) is 13.6. The minimum absolute atomic E-state index is 0.130. The number of urea groups is 1. The molecule has 0 saturated carbocycles. The van der Waals surface area contributed by atoms with Gasteiger partial charge < -0.3 is 14.5 Å². The first-order chi connectivity index (χ1) is 25.2. The van der Waals surface area contributed by atoms with Gasteiger partial charge in [0.2, 0.25) is 5.91 Å². The molecule has 4 aromatic rings. The molecule has 19 heteroatoms. The highest BCUT2D eigenvalue weighted by molar-refractivity contribution is 6.09. The Kier molecular flexibility index (Phi) is 9.60. The normalized spacial score (nSPS) is 17.9. The van der Waals surface area contributed by atoms with Crippen LogP contribution in [0.4, 0.5) is 45.2 Å². The number of benzene rings is 2. The summed E-state index contributed by atoms with van der Waals surface area (Å²) in [5, 5.41) is 23.3. The first-order valence-electron chi connectivity index (χ1n) is 17.2. The molecule has 7 rings (SSSR count). The number of piperidine rings is 1. The lowest BCUT2D eigenvalue weighted by molar-refractivity contribution is -0.386. The van der Waals surface area contributed by atoms with Crippen molar-refractivity contribution in [3.8, 4) is 16.9 Å². The van der Waals surface area contributed by atoms with Crippen molar-refractivity contribution in [3.05, 3.63) is 52.6 Å². The van der Waals surface area contributed by atoms with E-state index >= 15 is 4.39 Å². The van der Waals surface area contributed by atoms with Crippen molar-refractivity contribution in [1.82, 2.24) is 29.8 Å². The van der Waals surface area contributed by atoms with E-state index in [1.165, 1.54) is 23.1 Å². The minimum Gasteiger partial charge on any atom is -0.477 e. The molecule has 3 aliphatic rings. The number of fused-ring (bicyclic) bond motifs is 1. The number of aryl methyl sites for hydroxylation is 2. The first-order valence-corrected chi connectivity index (χ1v) is 17.2. The van der Waals surface area contributed by atoms with Crippen LogP contribution in [0.15, 0.2) is 36.7 Å². The van der Waals surface area contributed by atoms with E-state index in [0.29, 0.717) is 84.4 Å². The predicted octanol–water partition coefficient (Wildman–Crippen LogP) is 4.45. The number of hydrogen-bond acceptors (Lipinski definition) is 10. The van der Waals surface area contributed by atoms with Gasteiger partial charge in [-0.1, -0.05) is 0 Å². The molecule has 1 N–H and O–H groups in total. The summed E-state index contributed by atoms with van der Waals surface area (Å²) >= 11 is 0. The molecule has 0 unspecified atom stereocenters. The number of nitro benzene ring substituents is 1. The van der Waals surface area contributed by atoms with Crippen LogP contribution in [0, 0.1) is 21.8 Å². The van der Waals surface area contributed by atoms with Gasteiger partial charge in [0.05, 0.1) is 22.3 Å². The fourth-order valence-electron chi connectivity index (χ4n) is 7.38. The molecule has 3 amide bonds. The third kappa shape index (κ3) is 7.56. The van der Waals surface area contributed by atoms with E-state index in [4.69, 9.17) is 4.74 Å². The van der Waals surface area contributed by atoms with Gasteiger partial charge in [0, 0.05) is 113 Å². The third-order valence-corrected chi connectivity index (χ3v) is 10.1. The van der Waals surface area contributed by atoms with Crippen LogP contribution in [0.25, 0.3) is 22.0 Å². The van der Waals surface area contributed by atoms with Crippen LogP contribution >= 0.6 is 0 Å². The Hall–Kier alpha value is -5.46. The van der Waals surface area contributed by atoms with Crippen molar-refractivity contribution in [2.24, 2.45) is 20.0 Å². The Balaban J connectivity index is 0.998. The highest BCUT2D eigenvalue weighted by Crippen LogP contribution is 2.42. The monoisotopic (exact) mass is 742 g/mol. The van der Waals surface area contributed by atoms with Gasteiger partial charge in [-0.05, 0) is 30.9 Å². The summed E-state index contributed by atoms with van der Waals surface area (Å²) in [7, 11) is 3.44. The third-order valence-electron chi connectivity index (χ3n) is 10.1. The first kappa shape index (κ1) is 35.9. The number of carbonyl (C=O) groups is 2. The smallest absolute Gasteiger partial charge is 0.422 e. The van der Waals surface area contributed by atoms with Crippen LogP contribution in [0.5, 0.6) is 5.75 Å². The standard InChI is InChI=1S/C34H38F4N10O5/c1-42-19-22(17-39-42)23-14-29(48(51)52)30(53-20-34(36,37)38)16-27(23)45-6-3-21(4-7-45)18-44-9-11-46(12-10-44)28-15-26-24(13-25(28)35)32(41-43(26)2)47-8-5-31(49)40-33(47)50/h13-17,19,21H,3-12,18,20H2,1-2H3,(H,40,49,50). The molecule has 3 saturated heterocycles. The highest BCUT2D eigenvalue weighted by Gasteiger charge is 2.33. The fraction of sp³-hybridized carbons (Fsp3) is 0.471. The molecule has 3 fully saturated rings. The van der Waals surface area contributed by atoms with Crippen molar-refractivity contribution in [1.29, 1.82) is 0 Å². The molecule has 15 nitrogen and oxygen atoms in total. The number of amides is 3. The number of piperazine rings is 1. The van der Waals surface area contributed by atoms with Crippen molar-refractivity contribution < 1.29 is 36.8 Å². The average molecular weight is 743 g/mol. The predicted molar refractivity (Wildman–Crippen MR) is 187 cm³/mol. The van der Waals surface area contributed by atoms with Gasteiger partial charge in [-0.2, -0.15) is 23.4 Å². The zero-order chi connectivity index (χ0) is 37.6. The number of anilines is 3. The van der Waals surface area contributed by atoms with E-state index in [1.807, 2.05) is 9.80 Å². The molecule has 2 aromatic heterocycles. The van der Waals surface area contributed by atoms with Gasteiger partial charge in [-0.25, -0.2) is 9.18 Å². The Morgan fingerprint density at radius 1 is 0.981 bits per heavy atom. The highest BCUT2D eigenvalue weighted by atomic mass is 19.4. The molecular weight excluding hydrogens is 704 g/mol. The van der Waals surface area contributed by atoms with Crippen LogP contribution in [0.3, 0.4) is 0 Å². The van der Waals surface area contributed by atoms with Crippen molar-refractivity contribution in [2.45, 2.75) is 25.4 Å². The van der Waals surface area contributed by atoms with Crippen molar-refractivity contribution >= 4 is 45.7 Å². The van der Waals surface area contributed by atoms with E-state index in [-0.39, 0.29) is 18.9 Å². The van der Waals surface area contributed by atoms with Crippen molar-refractivity contribution in [2.75, 3.05) is 73.7 Å². The molecule has 0 atom stereocenters. The number of alkyl halides is 3. The van der Waals surface area contributed by atoms with E-state index in [2.05, 4.69) is 20.4 Å². The van der Waals surface area contributed by atoms with Gasteiger partial charge in [0.15, 0.2) is 18.2 Å². The van der Waals surface area contributed by atoms with E-state index in [1.54, 1.807) is 41.9 Å². The number of hydrogen-bond donors (Lipinski definition) is 1. The molecular formula is C34H38F4N10O5. The Bertz CT molecular complexity index is 2050. The number of nitrogens with one attached hydrogen (secondary N) is 1. The maximum Gasteiger partial charge on any atom is 0.422 e. The zero-order valence-electron chi connectivity index (χ0n) is 29.1. The minimum atomic E-state index is -4.66.